The average molecular weight is 213 g/mol. The molecule has 0 bridgehead atoms. The Morgan fingerprint density at radius 3 is 2.64 bits per heavy atom. The molecule has 0 saturated carbocycles. The highest BCUT2D eigenvalue weighted by Crippen LogP contribution is 2.31. The Labute approximate surface area is 88.5 Å². The van der Waals surface area contributed by atoms with Crippen LogP contribution < -0.4 is 0 Å². The van der Waals surface area contributed by atoms with Crippen molar-refractivity contribution in [2.75, 3.05) is 0 Å². The predicted molar refractivity (Wildman–Crippen MR) is 62.3 cm³/mol. The van der Waals surface area contributed by atoms with Gasteiger partial charge in [0.1, 0.15) is 0 Å². The van der Waals surface area contributed by atoms with E-state index in [0.29, 0.717) is 0 Å². The summed E-state index contributed by atoms with van der Waals surface area (Å²) in [5, 5.41) is 8.17. The summed E-state index contributed by atoms with van der Waals surface area (Å²) in [4.78, 5) is 0. The summed E-state index contributed by atoms with van der Waals surface area (Å²) in [5.41, 5.74) is 1.31. The maximum absolute atomic E-state index is 4.20. The average Bonchev–Trinajstić information content (AvgIpc) is 2.62. The second kappa shape index (κ2) is 4.88. The minimum atomic E-state index is 0.199. The van der Waals surface area contributed by atoms with Gasteiger partial charge in [-0.1, -0.05) is 38.8 Å². The molecular weight excluding hydrogens is 193 g/mol. The minimum absolute atomic E-state index is 0.199. The van der Waals surface area contributed by atoms with Crippen molar-refractivity contribution in [1.82, 2.24) is 14.8 Å². The van der Waals surface area contributed by atoms with Crippen molar-refractivity contribution in [3.8, 4) is 0 Å². The van der Waals surface area contributed by atoms with E-state index in [1.165, 1.54) is 19.3 Å². The SMILES string of the molecule is CCCCC(C)(CC)c1cn(P)nn1. The second-order valence-corrected chi connectivity index (χ2v) is 4.63. The Hall–Kier alpha value is -0.430. The smallest absolute Gasteiger partial charge is 0.0889 e. The first-order valence-electron chi connectivity index (χ1n) is 5.30. The summed E-state index contributed by atoms with van der Waals surface area (Å²) in [6.45, 7) is 6.72. The van der Waals surface area contributed by atoms with E-state index in [1.54, 1.807) is 4.45 Å². The van der Waals surface area contributed by atoms with E-state index in [4.69, 9.17) is 0 Å². The van der Waals surface area contributed by atoms with Crippen LogP contribution in [0.25, 0.3) is 0 Å². The van der Waals surface area contributed by atoms with Crippen LogP contribution in [0, 0.1) is 0 Å². The molecule has 0 aliphatic rings. The van der Waals surface area contributed by atoms with Gasteiger partial charge in [-0.2, -0.15) is 0 Å². The van der Waals surface area contributed by atoms with Crippen LogP contribution in [-0.4, -0.2) is 14.8 Å². The standard InChI is InChI=1S/C10H20N3P/c1-4-6-7-10(3,5-2)9-8-13(14)12-11-9/h8H,4-7,14H2,1-3H3. The maximum Gasteiger partial charge on any atom is 0.0889 e. The first kappa shape index (κ1) is 11.6. The molecule has 0 aliphatic carbocycles. The van der Waals surface area contributed by atoms with Gasteiger partial charge in [0.15, 0.2) is 0 Å². The normalized spacial score (nSPS) is 15.4. The fourth-order valence-electron chi connectivity index (χ4n) is 1.61. The van der Waals surface area contributed by atoms with Crippen molar-refractivity contribution in [3.63, 3.8) is 0 Å². The van der Waals surface area contributed by atoms with E-state index in [2.05, 4.69) is 40.5 Å². The molecule has 4 heteroatoms. The summed E-state index contributed by atoms with van der Waals surface area (Å²) in [7, 11) is 2.52. The predicted octanol–water partition coefficient (Wildman–Crippen LogP) is 2.77. The van der Waals surface area contributed by atoms with Crippen molar-refractivity contribution in [3.05, 3.63) is 11.9 Å². The van der Waals surface area contributed by atoms with Gasteiger partial charge in [0, 0.05) is 5.41 Å². The van der Waals surface area contributed by atoms with Crippen LogP contribution in [0.2, 0.25) is 0 Å². The van der Waals surface area contributed by atoms with E-state index in [0.717, 1.165) is 12.1 Å². The zero-order valence-electron chi connectivity index (χ0n) is 9.32. The first-order valence-corrected chi connectivity index (χ1v) is 5.82. The van der Waals surface area contributed by atoms with Crippen molar-refractivity contribution in [2.45, 2.75) is 51.9 Å². The van der Waals surface area contributed by atoms with Gasteiger partial charge >= 0.3 is 0 Å². The Kier molecular flexibility index (Phi) is 4.06. The lowest BCUT2D eigenvalue weighted by Crippen LogP contribution is -2.21. The van der Waals surface area contributed by atoms with Gasteiger partial charge in [-0.3, -0.25) is 0 Å². The van der Waals surface area contributed by atoms with Crippen molar-refractivity contribution in [2.24, 2.45) is 0 Å². The number of unbranched alkanes of at least 4 members (excludes halogenated alkanes) is 1. The van der Waals surface area contributed by atoms with E-state index < -0.39 is 0 Å². The van der Waals surface area contributed by atoms with E-state index in [9.17, 15) is 0 Å². The fourth-order valence-corrected chi connectivity index (χ4v) is 1.80. The summed E-state index contributed by atoms with van der Waals surface area (Å²) in [6.07, 6.45) is 6.82. The van der Waals surface area contributed by atoms with Crippen molar-refractivity contribution < 1.29 is 0 Å². The molecule has 0 saturated heterocycles. The Morgan fingerprint density at radius 2 is 2.21 bits per heavy atom. The van der Waals surface area contributed by atoms with Gasteiger partial charge in [-0.15, -0.1) is 5.10 Å². The molecule has 1 aromatic rings. The molecule has 0 aromatic carbocycles. The highest BCUT2D eigenvalue weighted by Gasteiger charge is 2.26. The molecule has 2 atom stereocenters. The van der Waals surface area contributed by atoms with Gasteiger partial charge in [0.05, 0.1) is 11.9 Å². The van der Waals surface area contributed by atoms with Gasteiger partial charge in [0.25, 0.3) is 0 Å². The number of hydrogen-bond donors (Lipinski definition) is 0. The van der Waals surface area contributed by atoms with Crippen molar-refractivity contribution in [1.29, 1.82) is 0 Å². The molecule has 1 aromatic heterocycles. The second-order valence-electron chi connectivity index (χ2n) is 4.10. The molecule has 1 heterocycles. The lowest BCUT2D eigenvalue weighted by molar-refractivity contribution is 0.392. The third-order valence-electron chi connectivity index (χ3n) is 2.99. The number of aromatic nitrogens is 3. The van der Waals surface area contributed by atoms with Crippen LogP contribution in [0.3, 0.4) is 0 Å². The molecule has 0 spiro atoms. The van der Waals surface area contributed by atoms with Gasteiger partial charge in [-0.05, 0) is 22.2 Å². The molecule has 80 valence electrons. The zero-order chi connectivity index (χ0) is 10.6. The topological polar surface area (TPSA) is 30.7 Å². The summed E-state index contributed by atoms with van der Waals surface area (Å²) in [6, 6.07) is 0. The van der Waals surface area contributed by atoms with Gasteiger partial charge in [0.2, 0.25) is 0 Å². The quantitative estimate of drug-likeness (QED) is 0.704. The molecule has 0 aliphatic heterocycles. The van der Waals surface area contributed by atoms with Crippen LogP contribution in [0.4, 0.5) is 0 Å². The molecule has 14 heavy (non-hydrogen) atoms. The molecule has 3 nitrogen and oxygen atoms in total. The molecule has 0 amide bonds. The van der Waals surface area contributed by atoms with Crippen LogP contribution in [0.15, 0.2) is 6.20 Å². The molecule has 0 fully saturated rings. The monoisotopic (exact) mass is 213 g/mol. The van der Waals surface area contributed by atoms with E-state index >= 15 is 0 Å². The lowest BCUT2D eigenvalue weighted by Gasteiger charge is -2.25. The Morgan fingerprint density at radius 1 is 1.50 bits per heavy atom. The number of rotatable bonds is 5. The molecule has 1 rings (SSSR count). The Balaban J connectivity index is 2.78. The van der Waals surface area contributed by atoms with Crippen LogP contribution >= 0.6 is 9.39 Å². The van der Waals surface area contributed by atoms with Crippen molar-refractivity contribution >= 4 is 9.39 Å². The minimum Gasteiger partial charge on any atom is -0.238 e. The van der Waals surface area contributed by atoms with E-state index in [-0.39, 0.29) is 5.41 Å². The van der Waals surface area contributed by atoms with Crippen LogP contribution in [-0.2, 0) is 5.41 Å². The third kappa shape index (κ3) is 2.54. The van der Waals surface area contributed by atoms with Gasteiger partial charge < -0.3 is 0 Å². The number of nitrogens with zero attached hydrogens (tertiary/aromatic N) is 3. The molecular formula is C10H20N3P. The van der Waals surface area contributed by atoms with Crippen LogP contribution in [0.5, 0.6) is 0 Å². The summed E-state index contributed by atoms with van der Waals surface area (Å²) >= 11 is 0. The Bertz CT molecular complexity index is 285. The van der Waals surface area contributed by atoms with Gasteiger partial charge in [-0.25, -0.2) is 4.45 Å². The summed E-state index contributed by atoms with van der Waals surface area (Å²) in [5.74, 6) is 0. The summed E-state index contributed by atoms with van der Waals surface area (Å²) < 4.78 is 1.70. The molecule has 0 radical (unpaired) electrons. The first-order chi connectivity index (χ1) is 6.62. The molecule has 2 unspecified atom stereocenters. The molecule has 0 N–H and O–H groups in total. The maximum atomic E-state index is 4.20. The highest BCUT2D eigenvalue weighted by atomic mass is 31.0. The fraction of sp³-hybridized carbons (Fsp3) is 0.800. The highest BCUT2D eigenvalue weighted by molar-refractivity contribution is 7.14. The third-order valence-corrected chi connectivity index (χ3v) is 3.24. The largest absolute Gasteiger partial charge is 0.238 e. The van der Waals surface area contributed by atoms with Crippen LogP contribution in [0.1, 0.15) is 52.1 Å². The lowest BCUT2D eigenvalue weighted by atomic mass is 9.80. The number of hydrogen-bond acceptors (Lipinski definition) is 2. The zero-order valence-corrected chi connectivity index (χ0v) is 10.5. The van der Waals surface area contributed by atoms with E-state index in [1.807, 2.05) is 6.20 Å².